The molecule has 13 heteroatoms. The minimum atomic E-state index is -0.503. The summed E-state index contributed by atoms with van der Waals surface area (Å²) in [4.78, 5) is 59.1. The van der Waals surface area contributed by atoms with Gasteiger partial charge in [-0.05, 0) is 162 Å². The molecule has 538 valence electrons. The molecule has 1 atom stereocenters. The molecular formula is C87H114IN3O9. The summed E-state index contributed by atoms with van der Waals surface area (Å²) in [5.74, 6) is 0.663. The van der Waals surface area contributed by atoms with Crippen molar-refractivity contribution in [2.24, 2.45) is 59.6 Å². The zero-order chi connectivity index (χ0) is 75.1. The van der Waals surface area contributed by atoms with E-state index >= 15 is 0 Å². The van der Waals surface area contributed by atoms with Gasteiger partial charge in [0.1, 0.15) is 0 Å². The Morgan fingerprint density at radius 2 is 1.03 bits per heavy atom. The molecule has 0 unspecified atom stereocenters. The van der Waals surface area contributed by atoms with E-state index in [1.165, 1.54) is 33.9 Å². The van der Waals surface area contributed by atoms with Crippen LogP contribution in [0.25, 0.3) is 27.6 Å². The van der Waals surface area contributed by atoms with Crippen molar-refractivity contribution >= 4 is 90.4 Å². The lowest BCUT2D eigenvalue weighted by molar-refractivity contribution is -0.385. The first kappa shape index (κ1) is 78.9. The Morgan fingerprint density at radius 1 is 0.540 bits per heavy atom. The van der Waals surface area contributed by atoms with Crippen molar-refractivity contribution in [1.82, 2.24) is 4.73 Å². The number of carbonyl (C=O) groups excluding carboxylic acids is 4. The molecule has 7 aliphatic carbocycles. The van der Waals surface area contributed by atoms with Gasteiger partial charge in [0.05, 0.1) is 53.5 Å². The number of allylic oxidation sites excluding steroid dienone is 9. The van der Waals surface area contributed by atoms with Gasteiger partial charge >= 0.3 is 0 Å². The van der Waals surface area contributed by atoms with Crippen LogP contribution in [0.15, 0.2) is 137 Å². The van der Waals surface area contributed by atoms with Gasteiger partial charge < -0.3 is 15.2 Å². The highest BCUT2D eigenvalue weighted by atomic mass is 127. The topological polar surface area (TPSA) is 172 Å². The number of hydrogen-bond donors (Lipinski definition) is 1. The van der Waals surface area contributed by atoms with E-state index in [4.69, 9.17) is 4.74 Å². The number of hydrogen-bond acceptors (Lipinski definition) is 9. The van der Waals surface area contributed by atoms with Crippen LogP contribution < -0.4 is 0 Å². The van der Waals surface area contributed by atoms with E-state index in [1.807, 2.05) is 110 Å². The van der Waals surface area contributed by atoms with Gasteiger partial charge in [0, 0.05) is 56.8 Å². The number of ether oxygens (including phenoxy) is 1. The van der Waals surface area contributed by atoms with E-state index in [0.29, 0.717) is 28.0 Å². The fraction of sp³-hybridized carbons (Fsp3) is 0.529. The molecule has 8 aliphatic rings. The number of aromatic nitrogens is 1. The summed E-state index contributed by atoms with van der Waals surface area (Å²) in [6.07, 6.45) is 16.9. The number of fused-ring (bicyclic) bond motifs is 8. The van der Waals surface area contributed by atoms with Gasteiger partial charge in [-0.1, -0.05) is 249 Å². The highest BCUT2D eigenvalue weighted by Gasteiger charge is 2.52. The molecule has 0 fully saturated rings. The molecule has 1 aromatic heterocycles. The largest absolute Gasteiger partial charge is 0.618 e. The van der Waals surface area contributed by atoms with Crippen LogP contribution in [0.4, 0.5) is 11.4 Å². The summed E-state index contributed by atoms with van der Waals surface area (Å²) in [6.45, 7) is 54.1. The summed E-state index contributed by atoms with van der Waals surface area (Å²) in [7, 11) is 0. The molecule has 4 aromatic carbocycles. The van der Waals surface area contributed by atoms with Crippen LogP contribution in [0.2, 0.25) is 0 Å². The number of nitrogens with zero attached hydrogens (tertiary/aromatic N) is 3. The maximum atomic E-state index is 12.7. The molecule has 100 heavy (non-hydrogen) atoms. The third-order valence-corrected chi connectivity index (χ3v) is 22.2. The molecule has 0 radical (unpaired) electrons. The number of nitro benzene ring substituents is 1. The number of rotatable bonds is 4. The minimum Gasteiger partial charge on any atom is -0.618 e. The van der Waals surface area contributed by atoms with Gasteiger partial charge in [-0.3, -0.25) is 29.3 Å². The summed E-state index contributed by atoms with van der Waals surface area (Å²) in [5, 5.41) is 34.9. The summed E-state index contributed by atoms with van der Waals surface area (Å²) >= 11 is 2.14. The lowest BCUT2D eigenvalue weighted by Gasteiger charge is -2.47. The molecule has 0 saturated carbocycles. The lowest BCUT2D eigenvalue weighted by atomic mass is 9.61. The fourth-order valence-electron chi connectivity index (χ4n) is 18.8. The molecule has 0 amide bonds. The number of nitro groups is 1. The molecule has 12 nitrogen and oxygen atoms in total. The third-order valence-electron chi connectivity index (χ3n) is 21.4. The molecular weight excluding hydrogens is 1360 g/mol. The standard InChI is InChI=1S/C19H26O.C16H19NO3.C16H19NO2.C16H19NO.C10H15IO.C10H16O/c1-6-20-17-16-14-10-8-7-9-13(14)11-15(16)18(2,3)12-19(17,4)5;1-15(2)9-12(14(18)16(3,4)10-15)11-7-5-6-8-13(11)17(19)20;1-15(2)9-16(3,4)14(18)12-10-7-5-6-8-11(10)17(19)13(12)15;1-15(2)9-12-11-7-5-6-8-13(11)17(18)14(12)16(3,4)10-15;1-9(2)5-7(11)8(12)10(3,4)6-9;1-9(2)6-5-8(11)10(3,4)7-9/h7-10,17H,6,11-12H2,1-5H3;5-9H,10H2,1-4H3;5-8,19H,9H2,1-4H3;5-9H,10H2,1-4H3;5H,6H2,1-4H3;5-6H,7H2,1-4H3/t17-;;;;;/m1...../s1. The zero-order valence-corrected chi connectivity index (χ0v) is 66.9. The summed E-state index contributed by atoms with van der Waals surface area (Å²) < 4.78 is 9.44. The predicted octanol–water partition coefficient (Wildman–Crippen LogP) is 22.7. The van der Waals surface area contributed by atoms with Crippen molar-refractivity contribution in [3.63, 3.8) is 0 Å². The fourth-order valence-corrected chi connectivity index (χ4v) is 20.4. The molecule has 5 aromatic rings. The molecule has 2 heterocycles. The minimum absolute atomic E-state index is 0.0133. The van der Waals surface area contributed by atoms with Crippen LogP contribution in [0.3, 0.4) is 0 Å². The van der Waals surface area contributed by atoms with Crippen molar-refractivity contribution in [2.75, 3.05) is 6.61 Å². The Kier molecular flexibility index (Phi) is 21.6. The van der Waals surface area contributed by atoms with E-state index in [1.54, 1.807) is 29.8 Å². The lowest BCUT2D eigenvalue weighted by Crippen LogP contribution is -2.42. The van der Waals surface area contributed by atoms with E-state index in [0.717, 1.165) is 87.1 Å². The molecule has 1 N–H and O–H groups in total. The van der Waals surface area contributed by atoms with Crippen LogP contribution in [0, 0.1) is 74.9 Å². The number of carbonyl (C=O) groups is 4. The first-order chi connectivity index (χ1) is 45.7. The zero-order valence-electron chi connectivity index (χ0n) is 64.8. The monoisotopic (exact) mass is 1470 g/mol. The maximum Gasteiger partial charge on any atom is 0.277 e. The first-order valence-electron chi connectivity index (χ1n) is 35.8. The van der Waals surface area contributed by atoms with Crippen molar-refractivity contribution in [3.8, 4) is 0 Å². The van der Waals surface area contributed by atoms with Gasteiger partial charge in [0.25, 0.3) is 5.69 Å². The number of ketones is 4. The Morgan fingerprint density at radius 3 is 1.60 bits per heavy atom. The van der Waals surface area contributed by atoms with Gasteiger partial charge in [0.2, 0.25) is 11.4 Å². The van der Waals surface area contributed by atoms with Crippen LogP contribution in [-0.2, 0) is 31.0 Å². The van der Waals surface area contributed by atoms with Gasteiger partial charge in [0.15, 0.2) is 23.1 Å². The van der Waals surface area contributed by atoms with E-state index in [-0.39, 0.29) is 88.7 Å². The van der Waals surface area contributed by atoms with E-state index in [2.05, 4.69) is 183 Å². The highest BCUT2D eigenvalue weighted by molar-refractivity contribution is 14.1. The SMILES string of the molecule is CC1(C)C=C(I)C(=O)C(C)(C)C1.CC1(C)C=C(c2ccccc2[N+](=O)[O-])C(=O)C(C)(C)C1.CC1(C)C=C2C(=[N+]([O-])c3ccccc32)C(C)(C)C1.CC1(C)C=CC(=O)C(C)(C)C1.CC1(C)CC(C)(C)c2c(c3ccccc3n2O)C1=O.CCO[C@@H]1C2=C(Cc3ccccc32)C(C)(C)CC1(C)C. The Bertz CT molecular complexity index is 4290. The van der Waals surface area contributed by atoms with Crippen molar-refractivity contribution in [3.05, 3.63) is 185 Å². The number of para-hydroxylation sites is 3. The van der Waals surface area contributed by atoms with Crippen molar-refractivity contribution < 1.29 is 38.8 Å². The Hall–Kier alpha value is -6.84. The van der Waals surface area contributed by atoms with E-state index < -0.39 is 10.3 Å². The second kappa shape index (κ2) is 27.4. The van der Waals surface area contributed by atoms with Crippen LogP contribution in [-0.4, -0.2) is 61.2 Å². The average molecular weight is 1470 g/mol. The average Bonchev–Trinajstić information content (AvgIpc) is 1.56. The molecule has 13 rings (SSSR count). The van der Waals surface area contributed by atoms with Crippen LogP contribution in [0.1, 0.15) is 250 Å². The van der Waals surface area contributed by atoms with E-state index in [9.17, 15) is 39.7 Å². The Labute approximate surface area is 611 Å². The quantitative estimate of drug-likeness (QED) is 0.0459. The third kappa shape index (κ3) is 16.3. The Balaban J connectivity index is 0.000000155. The maximum absolute atomic E-state index is 12.7. The number of Topliss-reactive ketones (excluding diaryl/α,β-unsaturated/α-hetero) is 3. The number of benzene rings is 4. The van der Waals surface area contributed by atoms with Gasteiger partial charge in [-0.2, -0.15) is 9.47 Å². The summed E-state index contributed by atoms with van der Waals surface area (Å²) in [6, 6.07) is 30.8. The van der Waals surface area contributed by atoms with Gasteiger partial charge in [-0.25, -0.2) is 0 Å². The second-order valence-electron chi connectivity index (χ2n) is 37.5. The molecule has 1 aliphatic heterocycles. The first-order valence-corrected chi connectivity index (χ1v) is 36.9. The van der Waals surface area contributed by atoms with Crippen molar-refractivity contribution in [2.45, 2.75) is 230 Å². The normalized spacial score (nSPS) is 23.7. The summed E-state index contributed by atoms with van der Waals surface area (Å²) in [5.41, 5.74) is 12.3. The number of halogens is 1. The highest BCUT2D eigenvalue weighted by Crippen LogP contribution is 2.58. The molecule has 0 saturated heterocycles. The second-order valence-corrected chi connectivity index (χ2v) is 38.7. The smallest absolute Gasteiger partial charge is 0.277 e. The van der Waals surface area contributed by atoms with Crippen molar-refractivity contribution in [1.29, 1.82) is 0 Å². The predicted molar refractivity (Wildman–Crippen MR) is 418 cm³/mol. The molecule has 0 spiro atoms. The van der Waals surface area contributed by atoms with Crippen LogP contribution in [0.5, 0.6) is 0 Å². The van der Waals surface area contributed by atoms with Gasteiger partial charge in [-0.15, -0.1) is 0 Å². The molecule has 0 bridgehead atoms. The van der Waals surface area contributed by atoms with Crippen LogP contribution >= 0.6 is 22.6 Å².